The van der Waals surface area contributed by atoms with Crippen LogP contribution >= 0.6 is 0 Å². The molecule has 0 bridgehead atoms. The van der Waals surface area contributed by atoms with Crippen molar-refractivity contribution >= 4 is 34.7 Å². The summed E-state index contributed by atoms with van der Waals surface area (Å²) < 4.78 is 21.2. The first-order chi connectivity index (χ1) is 25.5. The van der Waals surface area contributed by atoms with E-state index < -0.39 is 11.9 Å². The first-order valence-corrected chi connectivity index (χ1v) is 16.7. The molecule has 52 heavy (non-hydrogen) atoms. The topological polar surface area (TPSA) is 120 Å². The third-order valence-corrected chi connectivity index (χ3v) is 7.46. The number of carbonyl (C=O) groups is 2. The van der Waals surface area contributed by atoms with Crippen LogP contribution < -0.4 is 9.47 Å². The van der Waals surface area contributed by atoms with Gasteiger partial charge in [-0.3, -0.25) is 0 Å². The Morgan fingerprint density at radius 3 is 0.981 bits per heavy atom. The van der Waals surface area contributed by atoms with Gasteiger partial charge in [-0.05, 0) is 95.1 Å². The summed E-state index contributed by atoms with van der Waals surface area (Å²) in [7, 11) is 0. The number of rotatable bonds is 18. The molecule has 0 fully saturated rings. The second-order valence-electron chi connectivity index (χ2n) is 11.2. The van der Waals surface area contributed by atoms with E-state index in [0.717, 1.165) is 45.8 Å². The largest absolute Gasteiger partial charge is 0.493 e. The Bertz CT molecular complexity index is 1830. The number of ether oxygens (including phenoxy) is 4. The number of azo groups is 2. The minimum Gasteiger partial charge on any atom is -0.493 e. The Kier molecular flexibility index (Phi) is 13.7. The maximum absolute atomic E-state index is 11.1. The van der Waals surface area contributed by atoms with Crippen LogP contribution in [0.2, 0.25) is 0 Å². The molecule has 10 nitrogen and oxygen atoms in total. The monoisotopic (exact) mass is 694 g/mol. The highest BCUT2D eigenvalue weighted by Crippen LogP contribution is 2.29. The van der Waals surface area contributed by atoms with E-state index in [0.29, 0.717) is 48.9 Å². The zero-order valence-electron chi connectivity index (χ0n) is 28.6. The van der Waals surface area contributed by atoms with E-state index in [1.54, 1.807) is 0 Å². The Hall–Kier alpha value is -6.68. The van der Waals surface area contributed by atoms with Gasteiger partial charge < -0.3 is 18.9 Å². The summed E-state index contributed by atoms with van der Waals surface area (Å²) in [6, 6.07) is 38.9. The van der Waals surface area contributed by atoms with Crippen molar-refractivity contribution in [2.24, 2.45) is 20.5 Å². The van der Waals surface area contributed by atoms with Gasteiger partial charge in [0.05, 0.1) is 49.2 Å². The van der Waals surface area contributed by atoms with E-state index in [9.17, 15) is 9.59 Å². The van der Waals surface area contributed by atoms with Gasteiger partial charge in [-0.25, -0.2) is 9.59 Å². The first-order valence-electron chi connectivity index (χ1n) is 16.7. The summed E-state index contributed by atoms with van der Waals surface area (Å²) in [5.74, 6) is 0.532. The molecule has 0 aliphatic carbocycles. The highest BCUT2D eigenvalue weighted by Gasteiger charge is 2.03. The lowest BCUT2D eigenvalue weighted by atomic mass is 10.00. The molecular formula is C42H38N4O6. The maximum Gasteiger partial charge on any atom is 0.330 e. The zero-order valence-corrected chi connectivity index (χ0v) is 28.6. The Labute approximate surface area is 302 Å². The number of benzene rings is 5. The summed E-state index contributed by atoms with van der Waals surface area (Å²) in [5.41, 5.74) is 7.25. The van der Waals surface area contributed by atoms with E-state index in [4.69, 9.17) is 18.9 Å². The van der Waals surface area contributed by atoms with Gasteiger partial charge in [0.25, 0.3) is 0 Å². The molecule has 0 aliphatic heterocycles. The van der Waals surface area contributed by atoms with Crippen LogP contribution in [0.1, 0.15) is 12.8 Å². The summed E-state index contributed by atoms with van der Waals surface area (Å²) in [4.78, 5) is 22.1. The average molecular weight is 695 g/mol. The molecule has 0 N–H and O–H groups in total. The van der Waals surface area contributed by atoms with Crippen molar-refractivity contribution in [1.82, 2.24) is 0 Å². The molecule has 5 aromatic rings. The van der Waals surface area contributed by atoms with Gasteiger partial charge in [-0.15, -0.1) is 0 Å². The van der Waals surface area contributed by atoms with Gasteiger partial charge in [0.2, 0.25) is 0 Å². The van der Waals surface area contributed by atoms with Crippen molar-refractivity contribution in [3.8, 4) is 33.8 Å². The smallest absolute Gasteiger partial charge is 0.330 e. The van der Waals surface area contributed by atoms with Crippen LogP contribution in [-0.2, 0) is 19.1 Å². The van der Waals surface area contributed by atoms with E-state index in [-0.39, 0.29) is 13.2 Å². The van der Waals surface area contributed by atoms with Crippen LogP contribution in [0.4, 0.5) is 22.7 Å². The zero-order chi connectivity index (χ0) is 36.4. The van der Waals surface area contributed by atoms with Gasteiger partial charge in [-0.2, -0.15) is 20.5 Å². The lowest BCUT2D eigenvalue weighted by Gasteiger charge is -2.06. The predicted molar refractivity (Wildman–Crippen MR) is 201 cm³/mol. The molecule has 5 rings (SSSR count). The van der Waals surface area contributed by atoms with Crippen LogP contribution in [0.15, 0.2) is 167 Å². The molecule has 0 saturated heterocycles. The van der Waals surface area contributed by atoms with Crippen molar-refractivity contribution < 1.29 is 28.5 Å². The first kappa shape index (κ1) is 36.6. The average Bonchev–Trinajstić information content (AvgIpc) is 3.20. The van der Waals surface area contributed by atoms with Crippen LogP contribution in [-0.4, -0.2) is 38.4 Å². The van der Waals surface area contributed by atoms with E-state index in [1.807, 2.05) is 97.1 Å². The van der Waals surface area contributed by atoms with Gasteiger partial charge in [0.15, 0.2) is 0 Å². The lowest BCUT2D eigenvalue weighted by Crippen LogP contribution is -2.06. The Balaban J connectivity index is 1.07. The van der Waals surface area contributed by atoms with Crippen LogP contribution in [0, 0.1) is 0 Å². The number of hydrogen-bond donors (Lipinski definition) is 0. The molecule has 0 amide bonds. The highest BCUT2D eigenvalue weighted by atomic mass is 16.5. The van der Waals surface area contributed by atoms with Crippen LogP contribution in [0.25, 0.3) is 22.3 Å². The van der Waals surface area contributed by atoms with Gasteiger partial charge >= 0.3 is 11.9 Å². The molecule has 0 spiro atoms. The quantitative estimate of drug-likeness (QED) is 0.0389. The van der Waals surface area contributed by atoms with E-state index >= 15 is 0 Å². The molecule has 10 heteroatoms. The molecule has 0 radical (unpaired) electrons. The van der Waals surface area contributed by atoms with E-state index in [2.05, 4.69) is 57.9 Å². The van der Waals surface area contributed by atoms with Gasteiger partial charge in [-0.1, -0.05) is 61.7 Å². The molecule has 0 unspecified atom stereocenters. The molecule has 0 heterocycles. The van der Waals surface area contributed by atoms with Crippen LogP contribution in [0.3, 0.4) is 0 Å². The number of nitrogens with zero attached hydrogens (tertiary/aromatic N) is 4. The van der Waals surface area contributed by atoms with Crippen molar-refractivity contribution in [3.63, 3.8) is 0 Å². The lowest BCUT2D eigenvalue weighted by molar-refractivity contribution is -0.138. The molecule has 262 valence electrons. The summed E-state index contributed by atoms with van der Waals surface area (Å²) in [5, 5.41) is 17.4. The van der Waals surface area contributed by atoms with E-state index in [1.165, 1.54) is 0 Å². The van der Waals surface area contributed by atoms with Gasteiger partial charge in [0.1, 0.15) is 11.5 Å². The fourth-order valence-corrected chi connectivity index (χ4v) is 4.71. The Morgan fingerprint density at radius 1 is 0.423 bits per heavy atom. The van der Waals surface area contributed by atoms with Crippen molar-refractivity contribution in [3.05, 3.63) is 147 Å². The summed E-state index contributed by atoms with van der Waals surface area (Å²) in [6.07, 6.45) is 3.45. The van der Waals surface area contributed by atoms with Crippen molar-refractivity contribution in [1.29, 1.82) is 0 Å². The molecule has 5 aromatic carbocycles. The standard InChI is InChI=1S/C42H38N4O6/c1-3-41(47)51-29-5-27-49-39-23-19-37(20-24-39)45-43-35-15-11-33(12-16-35)31-7-9-32(10-8-31)34-13-17-36(18-14-34)44-46-38-21-25-40(26-22-38)50-28-6-30-52-42(48)4-2/h3-4,7-26H,1-2,5-6,27-30H2/b45-43+,46-44+. The number of carbonyl (C=O) groups excluding carboxylic acids is 2. The molecule has 0 aromatic heterocycles. The fourth-order valence-electron chi connectivity index (χ4n) is 4.71. The minimum absolute atomic E-state index is 0.282. The SMILES string of the molecule is C=CC(=O)OCCCOc1ccc(/N=N/c2ccc(-c3ccc(-c4ccc(/N=N/c5ccc(OCCCOC(=O)C=C)cc5)cc4)cc3)cc2)cc1. The highest BCUT2D eigenvalue weighted by molar-refractivity contribution is 5.81. The second kappa shape index (κ2) is 19.5. The van der Waals surface area contributed by atoms with Crippen molar-refractivity contribution in [2.75, 3.05) is 26.4 Å². The van der Waals surface area contributed by atoms with Crippen molar-refractivity contribution in [2.45, 2.75) is 12.8 Å². The summed E-state index contributed by atoms with van der Waals surface area (Å²) >= 11 is 0. The Morgan fingerprint density at radius 2 is 0.692 bits per heavy atom. The molecular weight excluding hydrogens is 656 g/mol. The molecule has 0 saturated carbocycles. The molecule has 0 atom stereocenters. The minimum atomic E-state index is -0.437. The fraction of sp³-hybridized carbons (Fsp3) is 0.143. The second-order valence-corrected chi connectivity index (χ2v) is 11.2. The number of esters is 2. The number of hydrogen-bond acceptors (Lipinski definition) is 10. The normalized spacial score (nSPS) is 10.9. The maximum atomic E-state index is 11.1. The molecule has 0 aliphatic rings. The van der Waals surface area contributed by atoms with Gasteiger partial charge in [0, 0.05) is 25.0 Å². The third kappa shape index (κ3) is 11.7. The predicted octanol–water partition coefficient (Wildman–Crippen LogP) is 10.8. The third-order valence-electron chi connectivity index (χ3n) is 7.46. The van der Waals surface area contributed by atoms with Crippen LogP contribution in [0.5, 0.6) is 11.5 Å². The summed E-state index contributed by atoms with van der Waals surface area (Å²) in [6.45, 7) is 8.15.